The molecular weight excluding hydrogens is 224 g/mol. The molecule has 16 heavy (non-hydrogen) atoms. The highest BCUT2D eigenvalue weighted by Crippen LogP contribution is 2.56. The van der Waals surface area contributed by atoms with E-state index in [1.807, 2.05) is 19.9 Å². The summed E-state index contributed by atoms with van der Waals surface area (Å²) in [5.41, 5.74) is 7.06. The van der Waals surface area contributed by atoms with Crippen LogP contribution in [-0.4, -0.2) is 17.6 Å². The van der Waals surface area contributed by atoms with E-state index in [1.165, 1.54) is 0 Å². The Labute approximate surface area is 101 Å². The number of hydrogen-bond donors (Lipinski definition) is 1. The molecule has 4 heteroatoms. The van der Waals surface area contributed by atoms with Gasteiger partial charge in [-0.15, -0.1) is 0 Å². The summed E-state index contributed by atoms with van der Waals surface area (Å²) in [6.07, 6.45) is 2.16. The van der Waals surface area contributed by atoms with Crippen LogP contribution in [0.25, 0.3) is 0 Å². The summed E-state index contributed by atoms with van der Waals surface area (Å²) >= 11 is 5.86. The number of nitrogens with zero attached hydrogens (tertiary/aromatic N) is 1. The van der Waals surface area contributed by atoms with E-state index in [4.69, 9.17) is 22.1 Å². The highest BCUT2D eigenvalue weighted by atomic mass is 35.5. The van der Waals surface area contributed by atoms with Gasteiger partial charge in [0, 0.05) is 16.5 Å². The van der Waals surface area contributed by atoms with Crippen molar-refractivity contribution in [3.8, 4) is 5.88 Å². The van der Waals surface area contributed by atoms with Gasteiger partial charge in [-0.05, 0) is 38.8 Å². The zero-order chi connectivity index (χ0) is 12.0. The highest BCUT2D eigenvalue weighted by molar-refractivity contribution is 6.29. The molecule has 0 bridgehead atoms. The lowest BCUT2D eigenvalue weighted by atomic mass is 9.79. The number of aromatic nitrogens is 1. The quantitative estimate of drug-likeness (QED) is 0.826. The number of methoxy groups -OCH3 is 1. The topological polar surface area (TPSA) is 48.1 Å². The lowest BCUT2D eigenvalue weighted by molar-refractivity contribution is 0.350. The summed E-state index contributed by atoms with van der Waals surface area (Å²) in [4.78, 5) is 4.20. The number of halogens is 1. The maximum absolute atomic E-state index is 6.25. The van der Waals surface area contributed by atoms with Crippen molar-refractivity contribution in [2.24, 2.45) is 5.73 Å². The van der Waals surface area contributed by atoms with E-state index in [1.54, 1.807) is 13.2 Å². The zero-order valence-corrected chi connectivity index (χ0v) is 10.6. The van der Waals surface area contributed by atoms with Crippen molar-refractivity contribution >= 4 is 11.6 Å². The van der Waals surface area contributed by atoms with Crippen LogP contribution >= 0.6 is 11.6 Å². The number of hydrogen-bond acceptors (Lipinski definition) is 3. The minimum atomic E-state index is -0.268. The molecule has 1 aromatic heterocycles. The minimum Gasteiger partial charge on any atom is -0.481 e. The monoisotopic (exact) mass is 240 g/mol. The Kier molecular flexibility index (Phi) is 2.63. The number of nitrogens with two attached hydrogens (primary N) is 1. The van der Waals surface area contributed by atoms with E-state index in [0.29, 0.717) is 11.0 Å². The second-order valence-electron chi connectivity index (χ2n) is 4.99. The average molecular weight is 241 g/mol. The van der Waals surface area contributed by atoms with Crippen LogP contribution in [0.4, 0.5) is 0 Å². The summed E-state index contributed by atoms with van der Waals surface area (Å²) in [7, 11) is 1.61. The third-order valence-corrected chi connectivity index (χ3v) is 3.73. The molecule has 0 unspecified atom stereocenters. The van der Waals surface area contributed by atoms with Gasteiger partial charge >= 0.3 is 0 Å². The number of rotatable bonds is 3. The Morgan fingerprint density at radius 3 is 2.50 bits per heavy atom. The SMILES string of the molecule is COc1nc(Cl)ccc1C1(C(C)(C)N)CC1. The largest absolute Gasteiger partial charge is 0.481 e. The Bertz CT molecular complexity index is 408. The smallest absolute Gasteiger partial charge is 0.218 e. The molecule has 0 spiro atoms. The molecular formula is C12H17ClN2O. The van der Waals surface area contributed by atoms with Crippen LogP contribution in [0.1, 0.15) is 32.3 Å². The van der Waals surface area contributed by atoms with Crippen molar-refractivity contribution in [1.29, 1.82) is 0 Å². The number of ether oxygens (including phenoxy) is 1. The summed E-state index contributed by atoms with van der Waals surface area (Å²) < 4.78 is 5.30. The maximum Gasteiger partial charge on any atom is 0.218 e. The summed E-state index contributed by atoms with van der Waals surface area (Å²) in [5.74, 6) is 0.600. The van der Waals surface area contributed by atoms with E-state index in [2.05, 4.69) is 4.98 Å². The van der Waals surface area contributed by atoms with Gasteiger partial charge in [0.1, 0.15) is 5.15 Å². The van der Waals surface area contributed by atoms with Crippen molar-refractivity contribution in [2.75, 3.05) is 7.11 Å². The van der Waals surface area contributed by atoms with Gasteiger partial charge in [0.25, 0.3) is 0 Å². The van der Waals surface area contributed by atoms with Crippen LogP contribution in [0.3, 0.4) is 0 Å². The molecule has 0 atom stereocenters. The van der Waals surface area contributed by atoms with Gasteiger partial charge in [-0.25, -0.2) is 4.98 Å². The molecule has 0 saturated heterocycles. The molecule has 1 saturated carbocycles. The molecule has 1 fully saturated rings. The normalized spacial score (nSPS) is 18.3. The van der Waals surface area contributed by atoms with Crippen molar-refractivity contribution in [3.63, 3.8) is 0 Å². The first-order valence-electron chi connectivity index (χ1n) is 5.41. The molecule has 1 aromatic rings. The van der Waals surface area contributed by atoms with Gasteiger partial charge in [-0.2, -0.15) is 0 Å². The third kappa shape index (κ3) is 1.68. The first-order chi connectivity index (χ1) is 7.40. The van der Waals surface area contributed by atoms with Gasteiger partial charge in [0.05, 0.1) is 7.11 Å². The lowest BCUT2D eigenvalue weighted by Crippen LogP contribution is -2.45. The van der Waals surface area contributed by atoms with Gasteiger partial charge in [0.15, 0.2) is 0 Å². The second-order valence-corrected chi connectivity index (χ2v) is 5.38. The Hall–Kier alpha value is -0.800. The van der Waals surface area contributed by atoms with E-state index < -0.39 is 0 Å². The molecule has 0 amide bonds. The zero-order valence-electron chi connectivity index (χ0n) is 9.88. The van der Waals surface area contributed by atoms with Gasteiger partial charge in [-0.3, -0.25) is 0 Å². The molecule has 2 rings (SSSR count). The van der Waals surface area contributed by atoms with Crippen LogP contribution in [-0.2, 0) is 5.41 Å². The van der Waals surface area contributed by atoms with Crippen LogP contribution < -0.4 is 10.5 Å². The van der Waals surface area contributed by atoms with Crippen LogP contribution in [0.2, 0.25) is 5.15 Å². The molecule has 88 valence electrons. The number of pyridine rings is 1. The highest BCUT2D eigenvalue weighted by Gasteiger charge is 2.55. The van der Waals surface area contributed by atoms with E-state index in [-0.39, 0.29) is 11.0 Å². The maximum atomic E-state index is 6.25. The van der Waals surface area contributed by atoms with Crippen molar-refractivity contribution < 1.29 is 4.74 Å². The van der Waals surface area contributed by atoms with Crippen LogP contribution in [0.5, 0.6) is 5.88 Å². The summed E-state index contributed by atoms with van der Waals surface area (Å²) in [5, 5.41) is 0.450. The molecule has 0 radical (unpaired) electrons. The molecule has 0 aromatic carbocycles. The third-order valence-electron chi connectivity index (χ3n) is 3.52. The molecule has 1 aliphatic rings. The van der Waals surface area contributed by atoms with Crippen LogP contribution in [0.15, 0.2) is 12.1 Å². The molecule has 1 aliphatic carbocycles. The van der Waals surface area contributed by atoms with Crippen LogP contribution in [0, 0.1) is 0 Å². The molecule has 1 heterocycles. The Morgan fingerprint density at radius 1 is 1.44 bits per heavy atom. The standard InChI is InChI=1S/C12H17ClN2O/c1-11(2,14)12(6-7-12)8-4-5-9(13)15-10(8)16-3/h4-5H,6-7,14H2,1-3H3. The van der Waals surface area contributed by atoms with Crippen molar-refractivity contribution in [2.45, 2.75) is 37.6 Å². The second kappa shape index (κ2) is 3.60. The lowest BCUT2D eigenvalue weighted by Gasteiger charge is -2.31. The minimum absolute atomic E-state index is 0.00404. The predicted octanol–water partition coefficient (Wildman–Crippen LogP) is 2.51. The predicted molar refractivity (Wildman–Crippen MR) is 65.0 cm³/mol. The van der Waals surface area contributed by atoms with Gasteiger partial charge in [0.2, 0.25) is 5.88 Å². The Balaban J connectivity index is 2.49. The fraction of sp³-hybridized carbons (Fsp3) is 0.583. The summed E-state index contributed by atoms with van der Waals surface area (Å²) in [6, 6.07) is 3.78. The fourth-order valence-corrected chi connectivity index (χ4v) is 2.46. The summed E-state index contributed by atoms with van der Waals surface area (Å²) in [6.45, 7) is 4.10. The molecule has 0 aliphatic heterocycles. The first-order valence-corrected chi connectivity index (χ1v) is 5.78. The first kappa shape index (κ1) is 11.7. The molecule has 2 N–H and O–H groups in total. The average Bonchev–Trinajstić information content (AvgIpc) is 2.97. The van der Waals surface area contributed by atoms with E-state index in [0.717, 1.165) is 18.4 Å². The van der Waals surface area contributed by atoms with E-state index >= 15 is 0 Å². The Morgan fingerprint density at radius 2 is 2.06 bits per heavy atom. The van der Waals surface area contributed by atoms with Gasteiger partial charge < -0.3 is 10.5 Å². The molecule has 3 nitrogen and oxygen atoms in total. The van der Waals surface area contributed by atoms with Gasteiger partial charge in [-0.1, -0.05) is 11.6 Å². The van der Waals surface area contributed by atoms with Crippen molar-refractivity contribution in [3.05, 3.63) is 22.8 Å². The van der Waals surface area contributed by atoms with E-state index in [9.17, 15) is 0 Å². The van der Waals surface area contributed by atoms with Crippen molar-refractivity contribution in [1.82, 2.24) is 4.98 Å². The fourth-order valence-electron chi connectivity index (χ4n) is 2.32.